The molecule has 1 N–H and O–H groups in total. The van der Waals surface area contributed by atoms with Crippen molar-refractivity contribution in [2.45, 2.75) is 76.4 Å². The minimum absolute atomic E-state index is 0.0781. The number of hydrogen-bond acceptors (Lipinski definition) is 4. The first kappa shape index (κ1) is 27.0. The van der Waals surface area contributed by atoms with E-state index < -0.39 is 0 Å². The van der Waals surface area contributed by atoms with E-state index in [1.165, 1.54) is 82.1 Å². The van der Waals surface area contributed by atoms with Crippen LogP contribution in [-0.2, 0) is 6.54 Å². The zero-order chi connectivity index (χ0) is 24.9. The average Bonchev–Trinajstić information content (AvgIpc) is 3.44. The van der Waals surface area contributed by atoms with Gasteiger partial charge in [0.1, 0.15) is 0 Å². The number of hydrogen-bond donors (Lipinski definition) is 1. The van der Waals surface area contributed by atoms with Crippen molar-refractivity contribution in [3.8, 4) is 0 Å². The van der Waals surface area contributed by atoms with Crippen molar-refractivity contribution in [3.05, 3.63) is 56.2 Å². The Bertz CT molecular complexity index is 938. The summed E-state index contributed by atoms with van der Waals surface area (Å²) in [6.07, 6.45) is 11.3. The van der Waals surface area contributed by atoms with Crippen LogP contribution in [0.3, 0.4) is 0 Å². The van der Waals surface area contributed by atoms with Gasteiger partial charge in [-0.1, -0.05) is 55.0 Å². The first-order valence-electron chi connectivity index (χ1n) is 14.1. The Morgan fingerprint density at radius 2 is 1.72 bits per heavy atom. The molecule has 2 saturated heterocycles. The van der Waals surface area contributed by atoms with Gasteiger partial charge in [-0.3, -0.25) is 4.90 Å². The van der Waals surface area contributed by atoms with E-state index in [4.69, 9.17) is 23.2 Å². The van der Waals surface area contributed by atoms with Gasteiger partial charge in [-0.05, 0) is 103 Å². The molecule has 198 valence electrons. The first-order chi connectivity index (χ1) is 17.5. The molecule has 1 aliphatic carbocycles. The topological polar surface area (TPSA) is 26.7 Å². The molecule has 0 radical (unpaired) electrons. The molecule has 1 aromatic carbocycles. The summed E-state index contributed by atoms with van der Waals surface area (Å²) in [6, 6.07) is 8.21. The number of likely N-dealkylation sites (tertiary alicyclic amines) is 2. The van der Waals surface area contributed by atoms with Crippen LogP contribution in [0, 0.1) is 17.8 Å². The molecule has 3 heterocycles. The summed E-state index contributed by atoms with van der Waals surface area (Å²) >= 11 is 14.4. The summed E-state index contributed by atoms with van der Waals surface area (Å²) in [4.78, 5) is 5.29. The summed E-state index contributed by atoms with van der Waals surface area (Å²) in [5.41, 5.74) is 2.66. The summed E-state index contributed by atoms with van der Waals surface area (Å²) in [5, 5.41) is 17.0. The van der Waals surface area contributed by atoms with E-state index in [1.54, 1.807) is 0 Å². The molecule has 2 aliphatic heterocycles. The fourth-order valence-electron chi connectivity index (χ4n) is 7.00. The fraction of sp³-hybridized carbons (Fsp3) is 0.667. The number of halogens is 2. The molecule has 0 spiro atoms. The van der Waals surface area contributed by atoms with Crippen LogP contribution < -0.4 is 0 Å². The maximum absolute atomic E-state index is 10.9. The van der Waals surface area contributed by atoms with Gasteiger partial charge in [0, 0.05) is 42.1 Å². The van der Waals surface area contributed by atoms with E-state index in [9.17, 15) is 5.11 Å². The molecule has 2 aromatic rings. The Labute approximate surface area is 231 Å². The number of aliphatic hydroxyl groups excluding tert-OH is 1. The third-order valence-corrected chi connectivity index (χ3v) is 10.4. The van der Waals surface area contributed by atoms with Gasteiger partial charge in [-0.25, -0.2) is 0 Å². The van der Waals surface area contributed by atoms with Crippen LogP contribution in [0.15, 0.2) is 35.0 Å². The zero-order valence-electron chi connectivity index (χ0n) is 21.5. The normalized spacial score (nSPS) is 26.3. The molecule has 36 heavy (non-hydrogen) atoms. The van der Waals surface area contributed by atoms with Crippen molar-refractivity contribution < 1.29 is 5.11 Å². The first-order valence-corrected chi connectivity index (χ1v) is 15.8. The van der Waals surface area contributed by atoms with E-state index in [0.29, 0.717) is 28.7 Å². The molecule has 0 amide bonds. The molecule has 0 bridgehead atoms. The number of benzene rings is 1. The van der Waals surface area contributed by atoms with Gasteiger partial charge in [0.05, 0.1) is 6.10 Å². The average molecular weight is 550 g/mol. The van der Waals surface area contributed by atoms with Gasteiger partial charge in [-0.15, -0.1) is 0 Å². The summed E-state index contributed by atoms with van der Waals surface area (Å²) in [7, 11) is 0. The van der Waals surface area contributed by atoms with Gasteiger partial charge >= 0.3 is 0 Å². The number of thiophene rings is 1. The van der Waals surface area contributed by atoms with Gasteiger partial charge in [0.15, 0.2) is 0 Å². The molecule has 5 rings (SSSR count). The summed E-state index contributed by atoms with van der Waals surface area (Å²) in [5.74, 6) is 2.46. The smallest absolute Gasteiger partial charge is 0.0571 e. The highest BCUT2D eigenvalue weighted by Gasteiger charge is 2.36. The molecular formula is C30H42Cl2N2OS. The SMILES string of the molecule is OC(CC1CCN(CC2CN(Cc3ccc(Cl)cc3Cl)CC2c2ccsc2)CC1)C1CCCCCC1. The monoisotopic (exact) mass is 548 g/mol. The largest absolute Gasteiger partial charge is 0.393 e. The number of rotatable bonds is 8. The molecule has 3 aliphatic rings. The Morgan fingerprint density at radius 3 is 2.42 bits per heavy atom. The van der Waals surface area contributed by atoms with Crippen LogP contribution >= 0.6 is 34.5 Å². The minimum Gasteiger partial charge on any atom is -0.393 e. The predicted molar refractivity (Wildman–Crippen MR) is 153 cm³/mol. The van der Waals surface area contributed by atoms with Crippen molar-refractivity contribution in [3.63, 3.8) is 0 Å². The lowest BCUT2D eigenvalue weighted by Gasteiger charge is -2.36. The van der Waals surface area contributed by atoms with E-state index in [0.717, 1.165) is 31.1 Å². The Balaban J connectivity index is 1.14. The lowest BCUT2D eigenvalue weighted by molar-refractivity contribution is 0.0554. The predicted octanol–water partition coefficient (Wildman–Crippen LogP) is 7.70. The van der Waals surface area contributed by atoms with E-state index >= 15 is 0 Å². The van der Waals surface area contributed by atoms with Crippen molar-refractivity contribution in [1.29, 1.82) is 0 Å². The van der Waals surface area contributed by atoms with Crippen molar-refractivity contribution in [2.75, 3.05) is 32.7 Å². The molecule has 3 fully saturated rings. The number of nitrogens with zero attached hydrogens (tertiary/aromatic N) is 2. The molecular weight excluding hydrogens is 507 g/mol. The van der Waals surface area contributed by atoms with Crippen LogP contribution in [0.1, 0.15) is 74.8 Å². The van der Waals surface area contributed by atoms with Gasteiger partial charge in [-0.2, -0.15) is 11.3 Å². The lowest BCUT2D eigenvalue weighted by Crippen LogP contribution is -2.39. The lowest BCUT2D eigenvalue weighted by atomic mass is 9.83. The number of aliphatic hydroxyl groups is 1. The van der Waals surface area contributed by atoms with Crippen LogP contribution in [0.2, 0.25) is 10.0 Å². The van der Waals surface area contributed by atoms with Crippen molar-refractivity contribution >= 4 is 34.5 Å². The van der Waals surface area contributed by atoms with Crippen molar-refractivity contribution in [1.82, 2.24) is 9.80 Å². The second-order valence-corrected chi connectivity index (χ2v) is 13.3. The van der Waals surface area contributed by atoms with Crippen LogP contribution in [-0.4, -0.2) is 53.7 Å². The van der Waals surface area contributed by atoms with Gasteiger partial charge in [0.25, 0.3) is 0 Å². The van der Waals surface area contributed by atoms with Crippen molar-refractivity contribution in [2.24, 2.45) is 17.8 Å². The highest BCUT2D eigenvalue weighted by molar-refractivity contribution is 7.08. The molecule has 3 atom stereocenters. The highest BCUT2D eigenvalue weighted by atomic mass is 35.5. The maximum atomic E-state index is 10.9. The fourth-order valence-corrected chi connectivity index (χ4v) is 8.19. The zero-order valence-corrected chi connectivity index (χ0v) is 23.8. The summed E-state index contributed by atoms with van der Waals surface area (Å²) in [6.45, 7) is 6.61. The second kappa shape index (κ2) is 13.0. The highest BCUT2D eigenvalue weighted by Crippen LogP contribution is 2.37. The Kier molecular flexibility index (Phi) is 9.70. The third kappa shape index (κ3) is 7.07. The minimum atomic E-state index is -0.0781. The molecule has 6 heteroatoms. The van der Waals surface area contributed by atoms with Crippen LogP contribution in [0.5, 0.6) is 0 Å². The van der Waals surface area contributed by atoms with E-state index in [1.807, 2.05) is 23.5 Å². The Morgan fingerprint density at radius 1 is 0.944 bits per heavy atom. The van der Waals surface area contributed by atoms with E-state index in [-0.39, 0.29) is 6.10 Å². The second-order valence-electron chi connectivity index (χ2n) is 11.7. The van der Waals surface area contributed by atoms with Gasteiger partial charge in [0.2, 0.25) is 0 Å². The third-order valence-electron chi connectivity index (χ3n) is 9.12. The standard InChI is InChI=1S/C30H42Cl2N2OS/c31-27-8-7-24(29(32)16-27)17-34-19-26(28(20-34)25-11-14-36-21-25)18-33-12-9-22(10-13-33)15-30(35)23-5-3-1-2-4-6-23/h7-8,11,14,16,21-23,26,28,30,35H,1-6,9-10,12-13,15,17-20H2. The Hall–Kier alpha value is -0.620. The molecule has 1 aromatic heterocycles. The van der Waals surface area contributed by atoms with Gasteiger partial charge < -0.3 is 10.0 Å². The molecule has 3 unspecified atom stereocenters. The van der Waals surface area contributed by atoms with E-state index in [2.05, 4.69) is 32.7 Å². The van der Waals surface area contributed by atoms with Crippen LogP contribution in [0.4, 0.5) is 0 Å². The summed E-state index contributed by atoms with van der Waals surface area (Å²) < 4.78 is 0. The number of piperidine rings is 1. The maximum Gasteiger partial charge on any atom is 0.0571 e. The molecule has 1 saturated carbocycles. The quantitative estimate of drug-likeness (QED) is 0.342. The molecule has 3 nitrogen and oxygen atoms in total. The van der Waals surface area contributed by atoms with Crippen LogP contribution in [0.25, 0.3) is 0 Å².